The average molecular weight is 381 g/mol. The van der Waals surface area contributed by atoms with Crippen LogP contribution < -0.4 is 10.6 Å². The molecule has 0 aromatic heterocycles. The predicted octanol–water partition coefficient (Wildman–Crippen LogP) is 4.23. The molecule has 25 heavy (non-hydrogen) atoms. The van der Waals surface area contributed by atoms with Gasteiger partial charge in [0.25, 0.3) is 0 Å². The molecule has 2 fully saturated rings. The Labute approximate surface area is 162 Å². The smallest absolute Gasteiger partial charge is 0.166 e. The second-order valence-electron chi connectivity index (χ2n) is 7.71. The van der Waals surface area contributed by atoms with Gasteiger partial charge in [-0.25, -0.2) is 0 Å². The SMILES string of the molecule is CC1SC=C(C(=N)C2CCCCC2NC(=S)NC2CCCCC2)N1C. The van der Waals surface area contributed by atoms with E-state index in [1.807, 2.05) is 11.8 Å². The molecule has 4 nitrogen and oxygen atoms in total. The Balaban J connectivity index is 1.58. The zero-order valence-corrected chi connectivity index (χ0v) is 17.1. The second-order valence-corrected chi connectivity index (χ2v) is 9.31. The highest BCUT2D eigenvalue weighted by molar-refractivity contribution is 8.02. The molecule has 0 aromatic rings. The third-order valence-corrected chi connectivity index (χ3v) is 7.28. The Hall–Kier alpha value is -0.750. The number of thiocarbonyl (C=S) groups is 1. The molecule has 0 amide bonds. The van der Waals surface area contributed by atoms with Crippen molar-refractivity contribution in [2.45, 2.75) is 82.2 Å². The van der Waals surface area contributed by atoms with Gasteiger partial charge in [-0.15, -0.1) is 11.8 Å². The third kappa shape index (κ3) is 4.70. The molecule has 3 aliphatic rings. The van der Waals surface area contributed by atoms with E-state index < -0.39 is 0 Å². The maximum atomic E-state index is 8.80. The number of hydrogen-bond donors (Lipinski definition) is 3. The molecule has 0 radical (unpaired) electrons. The molecule has 2 aliphatic carbocycles. The lowest BCUT2D eigenvalue weighted by atomic mass is 9.80. The Bertz CT molecular complexity index is 528. The fourth-order valence-electron chi connectivity index (χ4n) is 4.27. The summed E-state index contributed by atoms with van der Waals surface area (Å²) in [5.41, 5.74) is 1.89. The summed E-state index contributed by atoms with van der Waals surface area (Å²) in [6.45, 7) is 2.20. The van der Waals surface area contributed by atoms with Crippen molar-refractivity contribution in [3.05, 3.63) is 11.1 Å². The van der Waals surface area contributed by atoms with Crippen molar-refractivity contribution in [2.75, 3.05) is 7.05 Å². The van der Waals surface area contributed by atoms with Crippen molar-refractivity contribution in [1.82, 2.24) is 15.5 Å². The van der Waals surface area contributed by atoms with Crippen LogP contribution >= 0.6 is 24.0 Å². The summed E-state index contributed by atoms with van der Waals surface area (Å²) in [6, 6.07) is 0.830. The van der Waals surface area contributed by atoms with Gasteiger partial charge in [0, 0.05) is 25.0 Å². The van der Waals surface area contributed by atoms with E-state index in [1.165, 1.54) is 44.9 Å². The molecular formula is C19H32N4S2. The number of nitrogens with one attached hydrogen (secondary N) is 3. The van der Waals surface area contributed by atoms with E-state index in [1.54, 1.807) is 0 Å². The largest absolute Gasteiger partial charge is 0.361 e. The van der Waals surface area contributed by atoms with Gasteiger partial charge in [-0.2, -0.15) is 0 Å². The van der Waals surface area contributed by atoms with Gasteiger partial charge in [0.15, 0.2) is 5.11 Å². The van der Waals surface area contributed by atoms with Gasteiger partial charge >= 0.3 is 0 Å². The van der Waals surface area contributed by atoms with Crippen LogP contribution in [-0.4, -0.2) is 40.2 Å². The summed E-state index contributed by atoms with van der Waals surface area (Å²) < 4.78 is 0. The molecule has 140 valence electrons. The molecule has 6 heteroatoms. The van der Waals surface area contributed by atoms with E-state index in [2.05, 4.69) is 34.9 Å². The maximum absolute atomic E-state index is 8.80. The van der Waals surface area contributed by atoms with Gasteiger partial charge in [-0.3, -0.25) is 0 Å². The Morgan fingerprint density at radius 2 is 1.80 bits per heavy atom. The van der Waals surface area contributed by atoms with Gasteiger partial charge in [-0.1, -0.05) is 32.1 Å². The summed E-state index contributed by atoms with van der Waals surface area (Å²) in [4.78, 5) is 2.23. The Morgan fingerprint density at radius 1 is 1.12 bits per heavy atom. The summed E-state index contributed by atoms with van der Waals surface area (Å²) in [7, 11) is 2.10. The number of rotatable bonds is 4. The van der Waals surface area contributed by atoms with Crippen molar-refractivity contribution in [3.63, 3.8) is 0 Å². The number of thioether (sulfide) groups is 1. The molecule has 1 heterocycles. The van der Waals surface area contributed by atoms with Gasteiger partial charge in [0.1, 0.15) is 0 Å². The van der Waals surface area contributed by atoms with E-state index in [0.717, 1.165) is 29.4 Å². The van der Waals surface area contributed by atoms with Crippen molar-refractivity contribution in [1.29, 1.82) is 5.41 Å². The normalized spacial score (nSPS) is 30.7. The first-order valence-electron chi connectivity index (χ1n) is 9.80. The highest BCUT2D eigenvalue weighted by Crippen LogP contribution is 2.34. The number of nitrogens with zero attached hydrogens (tertiary/aromatic N) is 1. The number of allylic oxidation sites excluding steroid dienone is 1. The maximum Gasteiger partial charge on any atom is 0.166 e. The first-order valence-corrected chi connectivity index (χ1v) is 11.2. The molecule has 1 aliphatic heterocycles. The molecule has 3 N–H and O–H groups in total. The lowest BCUT2D eigenvalue weighted by molar-refractivity contribution is 0.342. The topological polar surface area (TPSA) is 51.2 Å². The summed E-state index contributed by atoms with van der Waals surface area (Å²) in [5.74, 6) is 0.263. The van der Waals surface area contributed by atoms with Crippen LogP contribution in [0.3, 0.4) is 0 Å². The van der Waals surface area contributed by atoms with Gasteiger partial charge in [0.2, 0.25) is 0 Å². The van der Waals surface area contributed by atoms with Gasteiger partial charge in [-0.05, 0) is 50.2 Å². The van der Waals surface area contributed by atoms with Gasteiger partial charge < -0.3 is 20.9 Å². The fraction of sp³-hybridized carbons (Fsp3) is 0.789. The molecular weight excluding hydrogens is 348 g/mol. The summed E-state index contributed by atoms with van der Waals surface area (Å²) >= 11 is 7.42. The van der Waals surface area contributed by atoms with E-state index >= 15 is 0 Å². The molecule has 0 saturated heterocycles. The van der Waals surface area contributed by atoms with Crippen LogP contribution in [0, 0.1) is 11.3 Å². The van der Waals surface area contributed by atoms with Gasteiger partial charge in [0.05, 0.1) is 16.8 Å². The van der Waals surface area contributed by atoms with Crippen molar-refractivity contribution >= 4 is 34.8 Å². The molecule has 0 spiro atoms. The average Bonchev–Trinajstić information content (AvgIpc) is 2.95. The van der Waals surface area contributed by atoms with Crippen LogP contribution in [0.15, 0.2) is 11.1 Å². The second kappa shape index (κ2) is 8.76. The highest BCUT2D eigenvalue weighted by atomic mass is 32.2. The van der Waals surface area contributed by atoms with Crippen LogP contribution in [0.2, 0.25) is 0 Å². The van der Waals surface area contributed by atoms with Crippen molar-refractivity contribution in [3.8, 4) is 0 Å². The van der Waals surface area contributed by atoms with Crippen molar-refractivity contribution in [2.24, 2.45) is 5.92 Å². The minimum atomic E-state index is 0.263. The van der Waals surface area contributed by atoms with E-state index in [4.69, 9.17) is 17.6 Å². The lowest BCUT2D eigenvalue weighted by Gasteiger charge is -2.36. The first kappa shape index (κ1) is 19.0. The van der Waals surface area contributed by atoms with E-state index in [9.17, 15) is 0 Å². The van der Waals surface area contributed by atoms with Crippen LogP contribution in [0.4, 0.5) is 0 Å². The monoisotopic (exact) mass is 380 g/mol. The zero-order chi connectivity index (χ0) is 17.8. The van der Waals surface area contributed by atoms with Crippen molar-refractivity contribution < 1.29 is 0 Å². The quantitative estimate of drug-likeness (QED) is 0.503. The Morgan fingerprint density at radius 3 is 2.48 bits per heavy atom. The zero-order valence-electron chi connectivity index (χ0n) is 15.5. The lowest BCUT2D eigenvalue weighted by Crippen LogP contribution is -2.51. The summed E-state index contributed by atoms with van der Waals surface area (Å²) in [5, 5.41) is 19.3. The summed E-state index contributed by atoms with van der Waals surface area (Å²) in [6.07, 6.45) is 11.1. The first-order chi connectivity index (χ1) is 12.1. The molecule has 3 unspecified atom stereocenters. The fourth-order valence-corrected chi connectivity index (χ4v) is 5.50. The van der Waals surface area contributed by atoms with Crippen LogP contribution in [-0.2, 0) is 0 Å². The molecule has 3 atom stereocenters. The molecule has 0 aromatic carbocycles. The van der Waals surface area contributed by atoms with E-state index in [-0.39, 0.29) is 5.92 Å². The molecule has 3 rings (SSSR count). The minimum absolute atomic E-state index is 0.263. The van der Waals surface area contributed by atoms with E-state index in [0.29, 0.717) is 17.5 Å². The van der Waals surface area contributed by atoms with Crippen LogP contribution in [0.5, 0.6) is 0 Å². The third-order valence-electron chi connectivity index (χ3n) is 5.97. The molecule has 2 saturated carbocycles. The van der Waals surface area contributed by atoms with Crippen LogP contribution in [0.25, 0.3) is 0 Å². The predicted molar refractivity (Wildman–Crippen MR) is 112 cm³/mol. The minimum Gasteiger partial charge on any atom is -0.361 e. The van der Waals surface area contributed by atoms with Crippen LogP contribution in [0.1, 0.15) is 64.7 Å². The molecule has 0 bridgehead atoms. The highest BCUT2D eigenvalue weighted by Gasteiger charge is 2.34. The number of hydrogen-bond acceptors (Lipinski definition) is 4. The Kier molecular flexibility index (Phi) is 6.67. The standard InChI is InChI=1S/C19H32N4S2/c1-13-23(2)17(12-25-13)18(20)15-10-6-7-11-16(15)22-19(24)21-14-8-4-3-5-9-14/h12-16,20H,3-11H2,1-2H3,(H2,21,22,24).